The third kappa shape index (κ3) is 2.93. The molecule has 0 fully saturated rings. The fraction of sp³-hybridized carbons (Fsp3) is 0. The zero-order valence-corrected chi connectivity index (χ0v) is 13.9. The second-order valence-electron chi connectivity index (χ2n) is 3.68. The van der Waals surface area contributed by atoms with Gasteiger partial charge in [0, 0.05) is 0 Å². The first kappa shape index (κ1) is 15.5. The average molecular weight is 374 g/mol. The molecule has 0 saturated heterocycles. The Balaban J connectivity index is 2.69. The monoisotopic (exact) mass is 372 g/mol. The van der Waals surface area contributed by atoms with E-state index in [9.17, 15) is 4.57 Å². The van der Waals surface area contributed by atoms with Gasteiger partial charge in [0.2, 0.25) is 6.49 Å². The fourth-order valence-electron chi connectivity index (χ4n) is 1.56. The van der Waals surface area contributed by atoms with Crippen molar-refractivity contribution in [3.63, 3.8) is 0 Å². The van der Waals surface area contributed by atoms with Gasteiger partial charge in [0.1, 0.15) is 0 Å². The van der Waals surface area contributed by atoms with Crippen LogP contribution in [0.1, 0.15) is 0 Å². The predicted octanol–water partition coefficient (Wildman–Crippen LogP) is 5.77. The molecule has 0 saturated carbocycles. The molecule has 100 valence electrons. The summed E-state index contributed by atoms with van der Waals surface area (Å²) in [6.07, 6.45) is 0. The van der Waals surface area contributed by atoms with Gasteiger partial charge in [-0.05, 0) is 35.5 Å². The Hall–Kier alpha value is 0.120. The van der Waals surface area contributed by atoms with Crippen LogP contribution in [0.5, 0.6) is 0 Å². The van der Waals surface area contributed by atoms with Gasteiger partial charge in [-0.3, -0.25) is 4.57 Å². The normalized spacial score (nSPS) is 11.6. The van der Waals surface area contributed by atoms with Crippen LogP contribution in [0.3, 0.4) is 0 Å². The van der Waals surface area contributed by atoms with Crippen molar-refractivity contribution in [3.8, 4) is 0 Å². The molecule has 0 unspecified atom stereocenters. The molecule has 19 heavy (non-hydrogen) atoms. The molecule has 1 nitrogen and oxygen atoms in total. The third-order valence-electron chi connectivity index (χ3n) is 2.48. The maximum Gasteiger partial charge on any atom is 0.228 e. The average Bonchev–Trinajstić information content (AvgIpc) is 2.35. The van der Waals surface area contributed by atoms with Crippen LogP contribution in [-0.2, 0) is 4.57 Å². The molecule has 0 N–H and O–H groups in total. The molecule has 2 aromatic carbocycles. The van der Waals surface area contributed by atoms with Crippen LogP contribution in [-0.4, -0.2) is 0 Å². The summed E-state index contributed by atoms with van der Waals surface area (Å²) < 4.78 is 12.8. The smallest absolute Gasteiger partial charge is 0.228 e. The Morgan fingerprint density at radius 3 is 1.47 bits per heavy atom. The van der Waals surface area contributed by atoms with Crippen molar-refractivity contribution in [2.45, 2.75) is 0 Å². The second-order valence-corrected chi connectivity index (χ2v) is 8.71. The van der Waals surface area contributed by atoms with Gasteiger partial charge in [-0.2, -0.15) is 0 Å². The molecule has 0 atom stereocenters. The lowest BCUT2D eigenvalue weighted by atomic mass is 10.3. The zero-order chi connectivity index (χ0) is 14.2. The largest absolute Gasteiger partial charge is 0.296 e. The number of rotatable bonds is 2. The summed E-state index contributed by atoms with van der Waals surface area (Å²) in [6.45, 7) is -3.49. The number of benzene rings is 2. The molecule has 0 aliphatic carbocycles. The summed E-state index contributed by atoms with van der Waals surface area (Å²) in [7, 11) is 0. The van der Waals surface area contributed by atoms with E-state index in [1.807, 2.05) is 0 Å². The van der Waals surface area contributed by atoms with Crippen molar-refractivity contribution >= 4 is 74.7 Å². The quantitative estimate of drug-likeness (QED) is 0.610. The highest BCUT2D eigenvalue weighted by molar-refractivity contribution is 8.00. The highest BCUT2D eigenvalue weighted by Gasteiger charge is 2.30. The van der Waals surface area contributed by atoms with E-state index in [-0.39, 0.29) is 30.7 Å². The van der Waals surface area contributed by atoms with E-state index in [1.165, 1.54) is 0 Å². The Kier molecular flexibility index (Phi) is 4.78. The summed E-state index contributed by atoms with van der Waals surface area (Å²) in [5.74, 6) is 0. The van der Waals surface area contributed by atoms with E-state index < -0.39 is 6.49 Å². The topological polar surface area (TPSA) is 17.1 Å². The van der Waals surface area contributed by atoms with Gasteiger partial charge < -0.3 is 0 Å². The summed E-state index contributed by atoms with van der Waals surface area (Å²) >= 11 is 30.1. The van der Waals surface area contributed by atoms with Crippen LogP contribution in [0, 0.1) is 0 Å². The van der Waals surface area contributed by atoms with E-state index in [4.69, 9.17) is 57.6 Å². The molecule has 0 bridgehead atoms. The van der Waals surface area contributed by atoms with E-state index in [1.54, 1.807) is 36.4 Å². The molecule has 0 spiro atoms. The minimum absolute atomic E-state index is 0.151. The lowest BCUT2D eigenvalue weighted by molar-refractivity contribution is 0.595. The molecule has 0 amide bonds. The van der Waals surface area contributed by atoms with Gasteiger partial charge in [-0.15, -0.1) is 0 Å². The van der Waals surface area contributed by atoms with Crippen molar-refractivity contribution in [1.29, 1.82) is 0 Å². The van der Waals surface area contributed by atoms with Gasteiger partial charge in [-0.1, -0.05) is 58.5 Å². The van der Waals surface area contributed by atoms with Crippen LogP contribution < -0.4 is 10.6 Å². The first-order chi connectivity index (χ1) is 8.85. The summed E-state index contributed by atoms with van der Waals surface area (Å²) in [5, 5.41) is 1.34. The van der Waals surface area contributed by atoms with Gasteiger partial charge >= 0.3 is 0 Å². The lowest BCUT2D eigenvalue weighted by Crippen LogP contribution is -2.14. The maximum absolute atomic E-state index is 12.8. The molecule has 0 aliphatic rings. The Morgan fingerprint density at radius 2 is 1.11 bits per heavy atom. The standard InChI is InChI=1S/C12H6Cl5OP/c13-7-3-1-5-9(11(7)15)19(17,18)10-6-2-4-8(14)12(10)16/h1-6H. The van der Waals surface area contributed by atoms with E-state index >= 15 is 0 Å². The van der Waals surface area contributed by atoms with Crippen molar-refractivity contribution in [2.24, 2.45) is 0 Å². The maximum atomic E-state index is 12.8. The van der Waals surface area contributed by atoms with Crippen LogP contribution in [0.25, 0.3) is 0 Å². The Morgan fingerprint density at radius 1 is 0.737 bits per heavy atom. The van der Waals surface area contributed by atoms with Crippen LogP contribution in [0.15, 0.2) is 36.4 Å². The summed E-state index contributed by atoms with van der Waals surface area (Å²) in [4.78, 5) is 0. The minimum Gasteiger partial charge on any atom is -0.296 e. The van der Waals surface area contributed by atoms with Crippen LogP contribution in [0.2, 0.25) is 20.1 Å². The Labute approximate surface area is 135 Å². The summed E-state index contributed by atoms with van der Waals surface area (Å²) in [6, 6.07) is 9.53. The Bertz CT molecular complexity index is 630. The van der Waals surface area contributed by atoms with Crippen LogP contribution >= 0.6 is 64.1 Å². The predicted molar refractivity (Wildman–Crippen MR) is 85.7 cm³/mol. The first-order valence-electron chi connectivity index (χ1n) is 5.04. The number of hydrogen-bond acceptors (Lipinski definition) is 1. The van der Waals surface area contributed by atoms with Gasteiger partial charge in [0.25, 0.3) is 0 Å². The molecule has 7 heteroatoms. The van der Waals surface area contributed by atoms with E-state index in [0.29, 0.717) is 0 Å². The first-order valence-corrected chi connectivity index (χ1v) is 9.17. The lowest BCUT2D eigenvalue weighted by Gasteiger charge is -2.15. The number of hydrogen-bond donors (Lipinski definition) is 0. The molecule has 2 aromatic rings. The highest BCUT2D eigenvalue weighted by Crippen LogP contribution is 2.53. The molecule has 0 radical (unpaired) electrons. The molecule has 0 aromatic heterocycles. The molecular weight excluding hydrogens is 368 g/mol. The van der Waals surface area contributed by atoms with E-state index in [0.717, 1.165) is 0 Å². The molecule has 2 rings (SSSR count). The van der Waals surface area contributed by atoms with Crippen molar-refractivity contribution < 1.29 is 4.57 Å². The molecular formula is C12H6Cl5OP. The van der Waals surface area contributed by atoms with Crippen molar-refractivity contribution in [1.82, 2.24) is 0 Å². The van der Waals surface area contributed by atoms with Crippen LogP contribution in [0.4, 0.5) is 0 Å². The van der Waals surface area contributed by atoms with Gasteiger partial charge in [-0.25, -0.2) is 0 Å². The molecule has 0 heterocycles. The van der Waals surface area contributed by atoms with E-state index in [2.05, 4.69) is 0 Å². The number of halogens is 5. The SMILES string of the molecule is O=P(Cl)(c1cccc(Cl)c1Cl)c1cccc(Cl)c1Cl. The van der Waals surface area contributed by atoms with Crippen molar-refractivity contribution in [3.05, 3.63) is 56.5 Å². The van der Waals surface area contributed by atoms with Gasteiger partial charge in [0.15, 0.2) is 0 Å². The van der Waals surface area contributed by atoms with Gasteiger partial charge in [0.05, 0.1) is 30.7 Å². The van der Waals surface area contributed by atoms with Crippen molar-refractivity contribution in [2.75, 3.05) is 0 Å². The highest BCUT2D eigenvalue weighted by atomic mass is 35.7. The second kappa shape index (κ2) is 5.85. The zero-order valence-electron chi connectivity index (χ0n) is 9.21. The summed E-state index contributed by atoms with van der Waals surface area (Å²) in [5.41, 5.74) is 0. The fourth-order valence-corrected chi connectivity index (χ4v) is 5.67. The third-order valence-corrected chi connectivity index (χ3v) is 7.46. The molecule has 0 aliphatic heterocycles. The minimum atomic E-state index is -3.49.